The molecule has 9 heteroatoms. The number of halogens is 1. The zero-order chi connectivity index (χ0) is 21.0. The summed E-state index contributed by atoms with van der Waals surface area (Å²) >= 11 is 2.50. The molecular weight excluding hydrogens is 454 g/mol. The molecule has 3 atom stereocenters. The standard InChI is InChI=1S/C20H30BrN5O2S/c1-13-17(21)26-12-22-10-15(26)18(23-13)25-8-6-20(7-9-25)11-28-14(2)16(20)24-29(27)19(3,4)5/h10,12,14,16,24H,6-9,11H2,1-5H3/t14-,16+,29?/m0/s1. The fraction of sp³-hybridized carbons (Fsp3) is 0.700. The maximum Gasteiger partial charge on any atom is 0.154 e. The minimum Gasteiger partial charge on any atom is -0.598 e. The molecule has 1 unspecified atom stereocenters. The van der Waals surface area contributed by atoms with Crippen LogP contribution in [0, 0.1) is 12.3 Å². The van der Waals surface area contributed by atoms with Crippen LogP contribution in [0.5, 0.6) is 0 Å². The summed E-state index contributed by atoms with van der Waals surface area (Å²) in [4.78, 5) is 11.5. The second kappa shape index (κ2) is 7.67. The number of aryl methyl sites for hydroxylation is 1. The molecule has 2 aliphatic heterocycles. The van der Waals surface area contributed by atoms with Crippen molar-refractivity contribution in [2.45, 2.75) is 64.4 Å². The van der Waals surface area contributed by atoms with Crippen molar-refractivity contribution in [2.75, 3.05) is 24.6 Å². The third-order valence-electron chi connectivity index (χ3n) is 6.26. The highest BCUT2D eigenvalue weighted by Gasteiger charge is 2.52. The van der Waals surface area contributed by atoms with Crippen molar-refractivity contribution in [1.82, 2.24) is 19.1 Å². The topological polar surface area (TPSA) is 77.8 Å². The maximum absolute atomic E-state index is 12.8. The average molecular weight is 484 g/mol. The van der Waals surface area contributed by atoms with Crippen LogP contribution in [0.25, 0.3) is 5.52 Å². The average Bonchev–Trinajstić information content (AvgIpc) is 3.26. The van der Waals surface area contributed by atoms with Crippen molar-refractivity contribution in [3.63, 3.8) is 0 Å². The van der Waals surface area contributed by atoms with Crippen LogP contribution in [0.2, 0.25) is 0 Å². The largest absolute Gasteiger partial charge is 0.598 e. The second-order valence-electron chi connectivity index (χ2n) is 9.30. The summed E-state index contributed by atoms with van der Waals surface area (Å²) in [5.74, 6) is 0.979. The first kappa shape index (κ1) is 21.4. The Bertz CT molecular complexity index is 891. The van der Waals surface area contributed by atoms with Gasteiger partial charge in [-0.2, -0.15) is 0 Å². The fourth-order valence-electron chi connectivity index (χ4n) is 4.40. The third-order valence-corrected chi connectivity index (χ3v) is 8.80. The van der Waals surface area contributed by atoms with Crippen LogP contribution in [0.15, 0.2) is 17.1 Å². The van der Waals surface area contributed by atoms with E-state index in [4.69, 9.17) is 9.72 Å². The number of hydrogen-bond donors (Lipinski definition) is 1. The van der Waals surface area contributed by atoms with E-state index >= 15 is 0 Å². The van der Waals surface area contributed by atoms with Crippen LogP contribution in [0.4, 0.5) is 5.82 Å². The molecule has 0 bridgehead atoms. The van der Waals surface area contributed by atoms with Crippen LogP contribution < -0.4 is 9.62 Å². The van der Waals surface area contributed by atoms with E-state index in [1.54, 1.807) is 0 Å². The van der Waals surface area contributed by atoms with E-state index in [0.29, 0.717) is 0 Å². The SMILES string of the molecule is Cc1nc(N2CCC3(CC2)CO[C@@H](C)[C@H]3N[S+]([O-])C(C)(C)C)c2cncn2c1Br. The Morgan fingerprint density at radius 2 is 2.03 bits per heavy atom. The minimum atomic E-state index is -1.11. The number of rotatable bonds is 3. The molecule has 160 valence electrons. The zero-order valence-corrected chi connectivity index (χ0v) is 20.1. The highest BCUT2D eigenvalue weighted by molar-refractivity contribution is 9.10. The summed E-state index contributed by atoms with van der Waals surface area (Å²) in [5, 5.41) is 0. The monoisotopic (exact) mass is 483 g/mol. The highest BCUT2D eigenvalue weighted by atomic mass is 79.9. The highest BCUT2D eigenvalue weighted by Crippen LogP contribution is 2.44. The Balaban J connectivity index is 1.54. The molecular formula is C20H30BrN5O2S. The Hall–Kier alpha value is -0.870. The molecule has 1 N–H and O–H groups in total. The number of anilines is 1. The second-order valence-corrected chi connectivity index (χ2v) is 12.1. The normalized spacial score (nSPS) is 25.8. The lowest BCUT2D eigenvalue weighted by Crippen LogP contribution is -2.56. The number of nitrogens with zero attached hydrogens (tertiary/aromatic N) is 4. The van der Waals surface area contributed by atoms with E-state index in [-0.39, 0.29) is 22.3 Å². The van der Waals surface area contributed by atoms with E-state index in [0.717, 1.165) is 54.2 Å². The summed E-state index contributed by atoms with van der Waals surface area (Å²) in [5.41, 5.74) is 1.97. The molecule has 2 aromatic rings. The molecule has 0 saturated carbocycles. The quantitative estimate of drug-likeness (QED) is 0.675. The van der Waals surface area contributed by atoms with E-state index in [2.05, 4.69) is 37.5 Å². The van der Waals surface area contributed by atoms with Gasteiger partial charge in [0.15, 0.2) is 5.82 Å². The van der Waals surface area contributed by atoms with Crippen LogP contribution in [-0.2, 0) is 16.1 Å². The third kappa shape index (κ3) is 3.80. The first-order valence-electron chi connectivity index (χ1n) is 10.2. The molecule has 7 nitrogen and oxygen atoms in total. The van der Waals surface area contributed by atoms with Crippen molar-refractivity contribution in [3.05, 3.63) is 22.8 Å². The molecule has 2 aliphatic rings. The van der Waals surface area contributed by atoms with Gasteiger partial charge in [-0.1, -0.05) is 0 Å². The van der Waals surface area contributed by atoms with Crippen molar-refractivity contribution in [1.29, 1.82) is 0 Å². The Morgan fingerprint density at radius 1 is 1.34 bits per heavy atom. The predicted molar refractivity (Wildman–Crippen MR) is 120 cm³/mol. The molecule has 0 aromatic carbocycles. The van der Waals surface area contributed by atoms with Gasteiger partial charge in [-0.3, -0.25) is 4.40 Å². The summed E-state index contributed by atoms with van der Waals surface area (Å²) in [6.07, 6.45) is 5.70. The van der Waals surface area contributed by atoms with Crippen LogP contribution in [-0.4, -0.2) is 55.5 Å². The number of fused-ring (bicyclic) bond motifs is 1. The van der Waals surface area contributed by atoms with Gasteiger partial charge in [-0.15, -0.1) is 4.72 Å². The van der Waals surface area contributed by atoms with Gasteiger partial charge in [0.25, 0.3) is 0 Å². The Kier molecular flexibility index (Phi) is 5.65. The van der Waals surface area contributed by atoms with E-state index < -0.39 is 11.4 Å². The lowest BCUT2D eigenvalue weighted by atomic mass is 9.73. The molecule has 2 saturated heterocycles. The number of nitrogens with one attached hydrogen (secondary N) is 1. The number of hydrogen-bond acceptors (Lipinski definition) is 6. The van der Waals surface area contributed by atoms with Gasteiger partial charge in [0.2, 0.25) is 0 Å². The van der Waals surface area contributed by atoms with Crippen LogP contribution in [0.3, 0.4) is 0 Å². The summed E-state index contributed by atoms with van der Waals surface area (Å²) in [6, 6.07) is 0.0966. The number of piperidine rings is 1. The van der Waals surface area contributed by atoms with Gasteiger partial charge in [0, 0.05) is 29.9 Å². The van der Waals surface area contributed by atoms with Crippen LogP contribution >= 0.6 is 15.9 Å². The molecule has 1 spiro atoms. The maximum atomic E-state index is 12.8. The van der Waals surface area contributed by atoms with Crippen molar-refractivity contribution in [2.24, 2.45) is 5.41 Å². The summed E-state index contributed by atoms with van der Waals surface area (Å²) in [6.45, 7) is 12.6. The van der Waals surface area contributed by atoms with Gasteiger partial charge in [0.1, 0.15) is 21.2 Å². The predicted octanol–water partition coefficient (Wildman–Crippen LogP) is 3.23. The fourth-order valence-corrected chi connectivity index (χ4v) is 5.80. The number of ether oxygens (including phenoxy) is 1. The lowest BCUT2D eigenvalue weighted by molar-refractivity contribution is 0.0973. The van der Waals surface area contributed by atoms with Gasteiger partial charge < -0.3 is 14.2 Å². The number of imidazole rings is 1. The first-order chi connectivity index (χ1) is 13.6. The van der Waals surface area contributed by atoms with Gasteiger partial charge >= 0.3 is 0 Å². The molecule has 0 radical (unpaired) electrons. The molecule has 0 aliphatic carbocycles. The Morgan fingerprint density at radius 3 is 2.69 bits per heavy atom. The molecule has 4 rings (SSSR count). The molecule has 4 heterocycles. The minimum absolute atomic E-state index is 0.0117. The van der Waals surface area contributed by atoms with Crippen molar-refractivity contribution >= 4 is 38.6 Å². The molecule has 2 aromatic heterocycles. The lowest BCUT2D eigenvalue weighted by Gasteiger charge is -2.43. The molecule has 0 amide bonds. The van der Waals surface area contributed by atoms with Gasteiger partial charge in [-0.25, -0.2) is 9.97 Å². The number of aromatic nitrogens is 3. The van der Waals surface area contributed by atoms with E-state index in [9.17, 15) is 4.55 Å². The molecule has 29 heavy (non-hydrogen) atoms. The summed E-state index contributed by atoms with van der Waals surface area (Å²) in [7, 11) is 0. The zero-order valence-electron chi connectivity index (χ0n) is 17.7. The Labute approximate surface area is 184 Å². The van der Waals surface area contributed by atoms with Gasteiger partial charge in [-0.05, 0) is 63.4 Å². The van der Waals surface area contributed by atoms with E-state index in [1.165, 1.54) is 0 Å². The smallest absolute Gasteiger partial charge is 0.154 e. The van der Waals surface area contributed by atoms with Crippen molar-refractivity contribution in [3.8, 4) is 0 Å². The first-order valence-corrected chi connectivity index (χ1v) is 12.1. The summed E-state index contributed by atoms with van der Waals surface area (Å²) < 4.78 is 24.9. The van der Waals surface area contributed by atoms with Crippen LogP contribution in [0.1, 0.15) is 46.2 Å². The van der Waals surface area contributed by atoms with E-state index in [1.807, 2.05) is 44.6 Å². The van der Waals surface area contributed by atoms with Crippen molar-refractivity contribution < 1.29 is 9.29 Å². The van der Waals surface area contributed by atoms with Gasteiger partial charge in [0.05, 0.1) is 30.6 Å². The molecule has 2 fully saturated rings.